The zero-order valence-electron chi connectivity index (χ0n) is 11.0. The van der Waals surface area contributed by atoms with Gasteiger partial charge in [-0.05, 0) is 25.7 Å². The third-order valence-electron chi connectivity index (χ3n) is 3.64. The molecule has 0 atom stereocenters. The van der Waals surface area contributed by atoms with E-state index in [9.17, 15) is 9.90 Å². The zero-order valence-corrected chi connectivity index (χ0v) is 11.0. The Hall–Kier alpha value is -1.36. The second kappa shape index (κ2) is 5.10. The summed E-state index contributed by atoms with van der Waals surface area (Å²) in [5.41, 5.74) is -0.866. The largest absolute Gasteiger partial charge is 0.388 e. The molecule has 1 aromatic rings. The van der Waals surface area contributed by atoms with E-state index in [1.54, 1.807) is 0 Å². The predicted octanol–water partition coefficient (Wildman–Crippen LogP) is 1.61. The molecule has 1 fully saturated rings. The van der Waals surface area contributed by atoms with Crippen LogP contribution in [0.4, 0.5) is 5.82 Å². The number of nitrogens with one attached hydrogen (secondary N) is 2. The van der Waals surface area contributed by atoms with Crippen molar-refractivity contribution in [2.75, 3.05) is 11.9 Å². The van der Waals surface area contributed by atoms with E-state index in [1.807, 2.05) is 13.8 Å². The summed E-state index contributed by atoms with van der Waals surface area (Å²) in [7, 11) is 0. The summed E-state index contributed by atoms with van der Waals surface area (Å²) in [5.74, 6) is 1.73. The lowest BCUT2D eigenvalue weighted by atomic mass is 9.98. The van der Waals surface area contributed by atoms with Crippen molar-refractivity contribution >= 4 is 5.82 Å². The summed E-state index contributed by atoms with van der Waals surface area (Å²) < 4.78 is 0. The number of H-pyrrole nitrogens is 1. The molecular weight excluding hydrogens is 230 g/mol. The van der Waals surface area contributed by atoms with Crippen molar-refractivity contribution in [3.63, 3.8) is 0 Å². The second-order valence-electron chi connectivity index (χ2n) is 5.08. The number of hydrogen-bond acceptors (Lipinski definition) is 4. The van der Waals surface area contributed by atoms with Crippen LogP contribution in [-0.4, -0.2) is 27.2 Å². The number of hydrogen-bond donors (Lipinski definition) is 3. The van der Waals surface area contributed by atoms with Crippen LogP contribution in [0, 0.1) is 0 Å². The maximum Gasteiger partial charge on any atom is 0.252 e. The molecule has 1 aromatic heterocycles. The summed E-state index contributed by atoms with van der Waals surface area (Å²) in [6, 6.07) is 1.44. The summed E-state index contributed by atoms with van der Waals surface area (Å²) >= 11 is 0. The first-order chi connectivity index (χ1) is 8.56. The molecule has 5 nitrogen and oxygen atoms in total. The molecule has 0 unspecified atom stereocenters. The minimum Gasteiger partial charge on any atom is -0.388 e. The molecule has 100 valence electrons. The van der Waals surface area contributed by atoms with E-state index in [-0.39, 0.29) is 5.56 Å². The molecule has 0 bridgehead atoms. The number of aromatic nitrogens is 2. The van der Waals surface area contributed by atoms with Gasteiger partial charge >= 0.3 is 0 Å². The topological polar surface area (TPSA) is 78.0 Å². The van der Waals surface area contributed by atoms with E-state index in [0.29, 0.717) is 31.1 Å². The average molecular weight is 251 g/mol. The fraction of sp³-hybridized carbons (Fsp3) is 0.692. The summed E-state index contributed by atoms with van der Waals surface area (Å²) in [6.45, 7) is 4.32. The van der Waals surface area contributed by atoms with Crippen molar-refractivity contribution in [3.8, 4) is 0 Å². The van der Waals surface area contributed by atoms with E-state index < -0.39 is 5.60 Å². The maximum atomic E-state index is 11.5. The highest BCUT2D eigenvalue weighted by Crippen LogP contribution is 2.37. The summed E-state index contributed by atoms with van der Waals surface area (Å²) in [6.07, 6.45) is 3.55. The first kappa shape index (κ1) is 13.1. The van der Waals surface area contributed by atoms with Gasteiger partial charge in [-0.1, -0.05) is 13.8 Å². The van der Waals surface area contributed by atoms with Crippen LogP contribution < -0.4 is 10.9 Å². The number of nitrogens with zero attached hydrogens (tertiary/aromatic N) is 1. The molecule has 0 aromatic carbocycles. The molecule has 1 heterocycles. The highest BCUT2D eigenvalue weighted by Gasteiger charge is 2.27. The average Bonchev–Trinajstić information content (AvgIpc) is 3.19. The number of aromatic amines is 1. The maximum absolute atomic E-state index is 11.5. The van der Waals surface area contributed by atoms with E-state index in [4.69, 9.17) is 0 Å². The zero-order chi connectivity index (χ0) is 13.2. The van der Waals surface area contributed by atoms with Crippen molar-refractivity contribution in [1.29, 1.82) is 0 Å². The van der Waals surface area contributed by atoms with Crippen molar-refractivity contribution in [1.82, 2.24) is 9.97 Å². The summed E-state index contributed by atoms with van der Waals surface area (Å²) in [5, 5.41) is 13.2. The minimum atomic E-state index is -0.732. The van der Waals surface area contributed by atoms with Crippen molar-refractivity contribution in [2.45, 2.75) is 51.0 Å². The fourth-order valence-corrected chi connectivity index (χ4v) is 1.87. The van der Waals surface area contributed by atoms with Crippen LogP contribution in [0.15, 0.2) is 10.9 Å². The Balaban J connectivity index is 2.07. The van der Waals surface area contributed by atoms with Gasteiger partial charge in [0.15, 0.2) is 0 Å². The molecule has 0 radical (unpaired) electrons. The van der Waals surface area contributed by atoms with Gasteiger partial charge in [0.05, 0.1) is 5.60 Å². The Morgan fingerprint density at radius 2 is 2.17 bits per heavy atom. The molecule has 0 spiro atoms. The molecular formula is C13H21N3O2. The van der Waals surface area contributed by atoms with Gasteiger partial charge in [0.1, 0.15) is 11.6 Å². The third-order valence-corrected chi connectivity index (χ3v) is 3.64. The van der Waals surface area contributed by atoms with E-state index >= 15 is 0 Å². The van der Waals surface area contributed by atoms with Crippen LogP contribution in [0.2, 0.25) is 0 Å². The van der Waals surface area contributed by atoms with Crippen LogP contribution in [-0.2, 0) is 0 Å². The lowest BCUT2D eigenvalue weighted by molar-refractivity contribution is 0.0456. The van der Waals surface area contributed by atoms with Crippen LogP contribution >= 0.6 is 0 Å². The lowest BCUT2D eigenvalue weighted by Crippen LogP contribution is -2.35. The quantitative estimate of drug-likeness (QED) is 0.717. The van der Waals surface area contributed by atoms with Gasteiger partial charge in [-0.2, -0.15) is 0 Å². The minimum absolute atomic E-state index is 0.133. The van der Waals surface area contributed by atoms with Crippen LogP contribution in [0.25, 0.3) is 0 Å². The third kappa shape index (κ3) is 3.10. The van der Waals surface area contributed by atoms with E-state index in [2.05, 4.69) is 15.3 Å². The Kier molecular flexibility index (Phi) is 3.71. The summed E-state index contributed by atoms with van der Waals surface area (Å²) in [4.78, 5) is 18.7. The SMILES string of the molecule is CCC(O)(CC)CNc1cc(=O)[nH]c(C2CC2)n1. The highest BCUT2D eigenvalue weighted by molar-refractivity contribution is 5.34. The van der Waals surface area contributed by atoms with Gasteiger partial charge in [-0.3, -0.25) is 4.79 Å². The predicted molar refractivity (Wildman–Crippen MR) is 70.9 cm³/mol. The molecule has 0 amide bonds. The van der Waals surface area contributed by atoms with Crippen LogP contribution in [0.1, 0.15) is 51.3 Å². The molecule has 1 aliphatic rings. The Morgan fingerprint density at radius 1 is 1.50 bits per heavy atom. The van der Waals surface area contributed by atoms with Crippen molar-refractivity contribution in [3.05, 3.63) is 22.2 Å². The Bertz CT molecular complexity index is 462. The molecule has 0 saturated heterocycles. The van der Waals surface area contributed by atoms with Gasteiger partial charge in [-0.25, -0.2) is 4.98 Å². The number of anilines is 1. The highest BCUT2D eigenvalue weighted by atomic mass is 16.3. The monoisotopic (exact) mass is 251 g/mol. The number of rotatable bonds is 6. The Morgan fingerprint density at radius 3 is 2.72 bits per heavy atom. The van der Waals surface area contributed by atoms with E-state index in [1.165, 1.54) is 6.07 Å². The fourth-order valence-electron chi connectivity index (χ4n) is 1.87. The molecule has 3 N–H and O–H groups in total. The normalized spacial score (nSPS) is 15.7. The van der Waals surface area contributed by atoms with Crippen molar-refractivity contribution in [2.24, 2.45) is 0 Å². The van der Waals surface area contributed by atoms with E-state index in [0.717, 1.165) is 18.7 Å². The van der Waals surface area contributed by atoms with Gasteiger partial charge in [-0.15, -0.1) is 0 Å². The lowest BCUT2D eigenvalue weighted by Gasteiger charge is -2.25. The molecule has 1 aliphatic carbocycles. The first-order valence-corrected chi connectivity index (χ1v) is 6.64. The smallest absolute Gasteiger partial charge is 0.252 e. The second-order valence-corrected chi connectivity index (χ2v) is 5.08. The van der Waals surface area contributed by atoms with Crippen LogP contribution in [0.5, 0.6) is 0 Å². The number of aliphatic hydroxyl groups is 1. The molecule has 2 rings (SSSR count). The van der Waals surface area contributed by atoms with Gasteiger partial charge in [0.2, 0.25) is 0 Å². The van der Waals surface area contributed by atoms with Crippen molar-refractivity contribution < 1.29 is 5.11 Å². The Labute approximate surface area is 107 Å². The molecule has 0 aliphatic heterocycles. The first-order valence-electron chi connectivity index (χ1n) is 6.64. The standard InChI is InChI=1S/C13H21N3O2/c1-3-13(18,4-2)8-14-10-7-11(17)16-12(15-10)9-5-6-9/h7,9,18H,3-6,8H2,1-2H3,(H2,14,15,16,17). The van der Waals surface area contributed by atoms with Crippen LogP contribution in [0.3, 0.4) is 0 Å². The van der Waals surface area contributed by atoms with Gasteiger partial charge < -0.3 is 15.4 Å². The molecule has 5 heteroatoms. The van der Waals surface area contributed by atoms with Gasteiger partial charge in [0, 0.05) is 18.5 Å². The molecule has 18 heavy (non-hydrogen) atoms. The molecule has 1 saturated carbocycles. The van der Waals surface area contributed by atoms with Gasteiger partial charge in [0.25, 0.3) is 5.56 Å².